The van der Waals surface area contributed by atoms with E-state index in [2.05, 4.69) is 0 Å². The number of carboxylic acid groups (broad SMARTS) is 1. The molecule has 0 heterocycles. The number of hydrogen-bond acceptors (Lipinski definition) is 1. The van der Waals surface area contributed by atoms with Gasteiger partial charge in [-0.25, -0.2) is 0 Å². The predicted molar refractivity (Wildman–Crippen MR) is 16.6 cm³/mol. The average Bonchev–Trinajstić information content (AvgIpc) is 0.811. The van der Waals surface area contributed by atoms with Crippen LogP contribution < -0.4 is 0 Å². The van der Waals surface area contributed by atoms with Crippen molar-refractivity contribution in [3.63, 3.8) is 0 Å². The molecular formula is CH3BiO2Zn. The van der Waals surface area contributed by atoms with Crippen molar-refractivity contribution in [2.45, 2.75) is 0 Å². The van der Waals surface area contributed by atoms with Crippen LogP contribution in [0, 0.1) is 0 Å². The summed E-state index contributed by atoms with van der Waals surface area (Å²) in [7, 11) is 0. The fourth-order valence-corrected chi connectivity index (χ4v) is 0. The van der Waals surface area contributed by atoms with E-state index in [1.165, 1.54) is 0 Å². The Morgan fingerprint density at radius 2 is 1.80 bits per heavy atom. The van der Waals surface area contributed by atoms with Crippen LogP contribution in [0.5, 0.6) is 0 Å². The summed E-state index contributed by atoms with van der Waals surface area (Å²) < 4.78 is -0.667. The Morgan fingerprint density at radius 1 is 1.80 bits per heavy atom. The molecule has 0 saturated carbocycles. The van der Waals surface area contributed by atoms with Gasteiger partial charge >= 0.3 is 38.3 Å². The van der Waals surface area contributed by atoms with E-state index in [0.717, 1.165) is 0 Å². The molecule has 4 heteroatoms. The zero-order valence-corrected chi connectivity index (χ0v) is 10.1. The quantitative estimate of drug-likeness (QED) is 0.599. The van der Waals surface area contributed by atoms with E-state index in [-0.39, 0.29) is 44.2 Å². The van der Waals surface area contributed by atoms with Gasteiger partial charge in [-0.1, -0.05) is 0 Å². The van der Waals surface area contributed by atoms with Crippen molar-refractivity contribution in [1.82, 2.24) is 0 Å². The van der Waals surface area contributed by atoms with E-state index in [0.29, 0.717) is 0 Å². The van der Waals surface area contributed by atoms with Crippen LogP contribution in [0.2, 0.25) is 0 Å². The molecule has 0 fully saturated rings. The topological polar surface area (TPSA) is 37.3 Å². The van der Waals surface area contributed by atoms with Gasteiger partial charge < -0.3 is 0 Å². The fraction of sp³-hybridized carbons (Fsp3) is 0. The van der Waals surface area contributed by atoms with Gasteiger partial charge in [0.2, 0.25) is 0 Å². The van der Waals surface area contributed by atoms with Crippen LogP contribution >= 0.6 is 0 Å². The summed E-state index contributed by atoms with van der Waals surface area (Å²) >= 11 is 0.102. The van der Waals surface area contributed by atoms with Crippen molar-refractivity contribution in [1.29, 1.82) is 0 Å². The maximum atomic E-state index is 9.07. The van der Waals surface area contributed by atoms with Crippen LogP contribution in [0.25, 0.3) is 0 Å². The number of hydrogen-bond donors (Lipinski definition) is 1. The summed E-state index contributed by atoms with van der Waals surface area (Å²) in [6.45, 7) is 0. The van der Waals surface area contributed by atoms with Crippen LogP contribution in [-0.2, 0) is 19.5 Å². The molecule has 0 aromatic rings. The minimum Gasteiger partial charge on any atom is 0 e. The second-order valence-electron chi connectivity index (χ2n) is 0.338. The first-order valence-corrected chi connectivity index (χ1v) is 2.96. The van der Waals surface area contributed by atoms with Crippen molar-refractivity contribution in [2.75, 3.05) is 0 Å². The van der Waals surface area contributed by atoms with Gasteiger partial charge in [-0.05, 0) is 0 Å². The van der Waals surface area contributed by atoms with Crippen molar-refractivity contribution in [3.05, 3.63) is 0 Å². The Labute approximate surface area is 57.5 Å². The first-order valence-electron chi connectivity index (χ1n) is 0.716. The Morgan fingerprint density at radius 3 is 1.80 bits per heavy atom. The predicted octanol–water partition coefficient (Wildman–Crippen LogP) is -0.705. The number of carbonyl (C=O) groups is 1. The van der Waals surface area contributed by atoms with E-state index < -0.39 is 3.68 Å². The summed E-state index contributed by atoms with van der Waals surface area (Å²) in [6.07, 6.45) is 0. The third-order valence-corrected chi connectivity index (χ3v) is 0. The van der Waals surface area contributed by atoms with Crippen LogP contribution in [0.4, 0.5) is 4.79 Å². The molecule has 0 atom stereocenters. The molecule has 0 spiro atoms. The first kappa shape index (κ1) is 9.36. The van der Waals surface area contributed by atoms with Gasteiger partial charge in [-0.3, -0.25) is 0 Å². The Kier molecular flexibility index (Phi) is 9.32. The van der Waals surface area contributed by atoms with E-state index in [9.17, 15) is 0 Å². The molecule has 1 N–H and O–H groups in total. The largest absolute Gasteiger partial charge is 0 e. The van der Waals surface area contributed by atoms with E-state index in [1.807, 2.05) is 0 Å². The standard InChI is InChI=1S/CHO2.Bi.Zn.2H/c2-1-3;;;;/h(H,2,3);;;;. The summed E-state index contributed by atoms with van der Waals surface area (Å²) in [5.41, 5.74) is 0. The molecule has 0 rings (SSSR count). The summed E-state index contributed by atoms with van der Waals surface area (Å²) in [4.78, 5) is 9.07. The monoisotopic (exact) mass is 320 g/mol. The average molecular weight is 321 g/mol. The molecule has 2 nitrogen and oxygen atoms in total. The van der Waals surface area contributed by atoms with Crippen LogP contribution in [-0.4, -0.2) is 33.5 Å². The van der Waals surface area contributed by atoms with Gasteiger partial charge in [-0.15, -0.1) is 0 Å². The van der Waals surface area contributed by atoms with Gasteiger partial charge in [0, 0.05) is 19.5 Å². The molecule has 0 bridgehead atoms. The molecule has 5 heavy (non-hydrogen) atoms. The van der Waals surface area contributed by atoms with Crippen LogP contribution in [0.15, 0.2) is 0 Å². The van der Waals surface area contributed by atoms with Gasteiger partial charge in [0.25, 0.3) is 0 Å². The molecule has 0 amide bonds. The normalized spacial score (nSPS) is 5.00. The maximum Gasteiger partial charge on any atom is 0 e. The van der Waals surface area contributed by atoms with E-state index in [1.54, 1.807) is 0 Å². The molecule has 0 unspecified atom stereocenters. The second kappa shape index (κ2) is 4.98. The zero-order valence-electron chi connectivity index (χ0n) is 2.64. The third kappa shape index (κ3) is 46.2. The van der Waals surface area contributed by atoms with Crippen LogP contribution in [0.1, 0.15) is 0 Å². The van der Waals surface area contributed by atoms with Gasteiger partial charge in [-0.2, -0.15) is 0 Å². The summed E-state index contributed by atoms with van der Waals surface area (Å²) in [5, 5.41) is 7.49. The SMILES string of the molecule is O=[C](O)[BiH2].[Zn]. The Bertz CT molecular complexity index is 32.6. The molecule has 26 valence electrons. The molecule has 0 saturated heterocycles. The zero-order chi connectivity index (χ0) is 3.58. The third-order valence-electron chi connectivity index (χ3n) is 0. The summed E-state index contributed by atoms with van der Waals surface area (Å²) in [5.74, 6) is 0. The minimum atomic E-state index is -0.667. The molecule has 0 aliphatic rings. The van der Waals surface area contributed by atoms with Crippen molar-refractivity contribution in [2.24, 2.45) is 0 Å². The molecule has 0 aliphatic heterocycles. The molecular weight excluding hydrogens is 318 g/mol. The van der Waals surface area contributed by atoms with Crippen molar-refractivity contribution >= 4 is 28.4 Å². The van der Waals surface area contributed by atoms with Crippen molar-refractivity contribution < 1.29 is 29.4 Å². The molecule has 0 aromatic heterocycles. The van der Waals surface area contributed by atoms with E-state index in [4.69, 9.17) is 9.90 Å². The van der Waals surface area contributed by atoms with Gasteiger partial charge in [0.15, 0.2) is 0 Å². The maximum absolute atomic E-state index is 9.07. The smallest absolute Gasteiger partial charge is 0 e. The van der Waals surface area contributed by atoms with Crippen LogP contribution in [0.3, 0.4) is 0 Å². The van der Waals surface area contributed by atoms with Crippen molar-refractivity contribution in [3.8, 4) is 0 Å². The fourth-order valence-electron chi connectivity index (χ4n) is 0. The Balaban J connectivity index is 0. The molecule has 0 aliphatic carbocycles. The van der Waals surface area contributed by atoms with Gasteiger partial charge in [0.1, 0.15) is 0 Å². The van der Waals surface area contributed by atoms with E-state index >= 15 is 0 Å². The first-order chi connectivity index (χ1) is 1.73. The number of rotatable bonds is 0. The van der Waals surface area contributed by atoms with Gasteiger partial charge in [0.05, 0.1) is 0 Å². The minimum absolute atomic E-state index is 0. The second-order valence-corrected chi connectivity index (χ2v) is 2.26. The Hall–Kier alpha value is 0.976. The molecule has 0 aromatic carbocycles. The summed E-state index contributed by atoms with van der Waals surface area (Å²) in [6, 6.07) is 0. The molecule has 0 radical (unpaired) electrons.